The lowest BCUT2D eigenvalue weighted by molar-refractivity contribution is -0.670. The second-order valence-corrected chi connectivity index (χ2v) is 7.83. The number of benzene rings is 3. The molecule has 4 aromatic rings. The van der Waals surface area contributed by atoms with Crippen LogP contribution < -0.4 is 4.68 Å². The van der Waals surface area contributed by atoms with Crippen molar-refractivity contribution in [3.05, 3.63) is 114 Å². The van der Waals surface area contributed by atoms with Gasteiger partial charge in [-0.2, -0.15) is 0 Å². The molecule has 0 atom stereocenters. The van der Waals surface area contributed by atoms with E-state index in [4.69, 9.17) is 9.84 Å². The van der Waals surface area contributed by atoms with E-state index in [-0.39, 0.29) is 6.61 Å². The van der Waals surface area contributed by atoms with E-state index in [0.717, 1.165) is 33.7 Å². The Morgan fingerprint density at radius 2 is 1.42 bits per heavy atom. The zero-order chi connectivity index (χ0) is 23.2. The Balaban J connectivity index is 1.98. The van der Waals surface area contributed by atoms with Crippen molar-refractivity contribution in [3.8, 4) is 22.4 Å². The number of aromatic nitrogens is 1. The fourth-order valence-electron chi connectivity index (χ4n) is 3.66. The monoisotopic (exact) mass is 435 g/mol. The third-order valence-electron chi connectivity index (χ3n) is 5.42. The second kappa shape index (κ2) is 10.0. The van der Waals surface area contributed by atoms with Crippen LogP contribution >= 0.6 is 0 Å². The topological polar surface area (TPSA) is 42.5 Å². The molecule has 0 radical (unpaired) electrons. The van der Waals surface area contributed by atoms with Crippen molar-refractivity contribution in [2.75, 3.05) is 6.61 Å². The van der Waals surface area contributed by atoms with E-state index < -0.39 is 5.97 Å². The summed E-state index contributed by atoms with van der Waals surface area (Å²) < 4.78 is 7.13. The van der Waals surface area contributed by atoms with Gasteiger partial charge in [-0.1, -0.05) is 78.4 Å². The Bertz CT molecular complexity index is 1280. The van der Waals surface area contributed by atoms with Crippen LogP contribution in [0, 0.1) is 6.92 Å². The summed E-state index contributed by atoms with van der Waals surface area (Å²) in [7, 11) is 0. The first kappa shape index (κ1) is 22.2. The average Bonchev–Trinajstić information content (AvgIpc) is 2.85. The Morgan fingerprint density at radius 3 is 2.03 bits per heavy atom. The second-order valence-electron chi connectivity index (χ2n) is 7.83. The minimum absolute atomic E-state index is 0.287. The highest BCUT2D eigenvalue weighted by Crippen LogP contribution is 2.25. The number of rotatable bonds is 6. The molecular formula is C29H27N2O2+. The maximum Gasteiger partial charge on any atom is 0.406 e. The van der Waals surface area contributed by atoms with Crippen LogP contribution in [0.3, 0.4) is 0 Å². The van der Waals surface area contributed by atoms with E-state index in [1.54, 1.807) is 4.68 Å². The van der Waals surface area contributed by atoms with Crippen LogP contribution in [-0.2, 0) is 4.74 Å². The molecular weight excluding hydrogens is 408 g/mol. The first-order chi connectivity index (χ1) is 16.1. The van der Waals surface area contributed by atoms with Crippen LogP contribution in [0.25, 0.3) is 22.4 Å². The van der Waals surface area contributed by atoms with Crippen LogP contribution in [-0.4, -0.2) is 18.3 Å². The first-order valence-corrected chi connectivity index (χ1v) is 11.1. The summed E-state index contributed by atoms with van der Waals surface area (Å²) in [4.78, 5) is 13.1. The van der Waals surface area contributed by atoms with E-state index in [1.807, 2.05) is 92.7 Å². The van der Waals surface area contributed by atoms with Gasteiger partial charge in [-0.05, 0) is 48.7 Å². The summed E-state index contributed by atoms with van der Waals surface area (Å²) in [6.45, 7) is 6.10. The SMILES string of the molecule is CCOC(=O)c1cc(-c2ccccc2)cc(-c2ccccc2)[n+]1/N=C(/C)c1ccc(C)cc1. The molecule has 0 saturated carbocycles. The smallest absolute Gasteiger partial charge is 0.406 e. The van der Waals surface area contributed by atoms with Gasteiger partial charge in [0.05, 0.1) is 6.61 Å². The minimum Gasteiger partial charge on any atom is -0.458 e. The lowest BCUT2D eigenvalue weighted by atomic mass is 10.0. The lowest BCUT2D eigenvalue weighted by Gasteiger charge is -2.09. The summed E-state index contributed by atoms with van der Waals surface area (Å²) in [5.74, 6) is -0.409. The average molecular weight is 436 g/mol. The van der Waals surface area contributed by atoms with Gasteiger partial charge in [0.15, 0.2) is 0 Å². The Labute approximate surface area is 194 Å². The molecule has 0 bridgehead atoms. The number of esters is 1. The molecule has 4 nitrogen and oxygen atoms in total. The van der Waals surface area contributed by atoms with Gasteiger partial charge < -0.3 is 4.74 Å². The zero-order valence-corrected chi connectivity index (χ0v) is 19.2. The predicted molar refractivity (Wildman–Crippen MR) is 132 cm³/mol. The molecule has 0 aliphatic heterocycles. The summed E-state index contributed by atoms with van der Waals surface area (Å²) in [5.41, 5.74) is 7.08. The maximum atomic E-state index is 13.1. The summed E-state index contributed by atoms with van der Waals surface area (Å²) in [5, 5.41) is 4.91. The Kier molecular flexibility index (Phi) is 6.75. The van der Waals surface area contributed by atoms with Gasteiger partial charge in [0.1, 0.15) is 5.71 Å². The van der Waals surface area contributed by atoms with Crippen LogP contribution in [0.5, 0.6) is 0 Å². The van der Waals surface area contributed by atoms with Crippen molar-refractivity contribution in [1.82, 2.24) is 0 Å². The van der Waals surface area contributed by atoms with Crippen molar-refractivity contribution in [2.45, 2.75) is 20.8 Å². The molecule has 0 aliphatic carbocycles. The van der Waals surface area contributed by atoms with Crippen LogP contribution in [0.4, 0.5) is 0 Å². The number of hydrogen-bond donors (Lipinski definition) is 0. The third-order valence-corrected chi connectivity index (χ3v) is 5.42. The normalized spacial score (nSPS) is 11.3. The van der Waals surface area contributed by atoms with Gasteiger partial charge >= 0.3 is 11.7 Å². The number of nitrogens with zero attached hydrogens (tertiary/aromatic N) is 2. The van der Waals surface area contributed by atoms with E-state index in [0.29, 0.717) is 5.69 Å². The number of hydrogen-bond acceptors (Lipinski definition) is 3. The summed E-state index contributed by atoms with van der Waals surface area (Å²) >= 11 is 0. The molecule has 4 rings (SSSR count). The number of ether oxygens (including phenoxy) is 1. The summed E-state index contributed by atoms with van der Waals surface area (Å²) in [6, 6.07) is 32.1. The van der Waals surface area contributed by atoms with E-state index in [2.05, 4.69) is 25.1 Å². The van der Waals surface area contributed by atoms with Gasteiger partial charge in [0, 0.05) is 28.4 Å². The van der Waals surface area contributed by atoms with Crippen LogP contribution in [0.1, 0.15) is 35.5 Å². The molecule has 0 amide bonds. The minimum atomic E-state index is -0.409. The lowest BCUT2D eigenvalue weighted by Crippen LogP contribution is -2.40. The number of pyridine rings is 1. The standard InChI is InChI=1S/C29H27N2O2/c1-4-33-29(32)28-20-26(24-11-7-5-8-12-24)19-27(25-13-9-6-10-14-25)31(28)30-22(3)23-17-15-21(2)16-18-23/h5-20H,4H2,1-3H3/q+1/b30-22-. The fourth-order valence-corrected chi connectivity index (χ4v) is 3.66. The highest BCUT2D eigenvalue weighted by molar-refractivity contribution is 5.98. The number of carbonyl (C=O) groups is 1. The Morgan fingerprint density at radius 1 is 0.818 bits per heavy atom. The summed E-state index contributed by atoms with van der Waals surface area (Å²) in [6.07, 6.45) is 0. The van der Waals surface area contributed by atoms with Crippen molar-refractivity contribution in [2.24, 2.45) is 5.10 Å². The molecule has 0 N–H and O–H groups in total. The molecule has 0 unspecified atom stereocenters. The zero-order valence-electron chi connectivity index (χ0n) is 19.2. The van der Waals surface area contributed by atoms with Crippen molar-refractivity contribution in [3.63, 3.8) is 0 Å². The van der Waals surface area contributed by atoms with Gasteiger partial charge in [-0.15, -0.1) is 0 Å². The molecule has 33 heavy (non-hydrogen) atoms. The quantitative estimate of drug-likeness (QED) is 0.210. The third kappa shape index (κ3) is 5.07. The Hall–Kier alpha value is -4.05. The van der Waals surface area contributed by atoms with Gasteiger partial charge in [0.25, 0.3) is 0 Å². The molecule has 1 heterocycles. The fraction of sp³-hybridized carbons (Fsp3) is 0.138. The first-order valence-electron chi connectivity index (χ1n) is 11.1. The van der Waals surface area contributed by atoms with Crippen molar-refractivity contribution in [1.29, 1.82) is 0 Å². The molecule has 0 aliphatic rings. The number of carbonyl (C=O) groups excluding carboxylic acids is 1. The molecule has 164 valence electrons. The van der Waals surface area contributed by atoms with Gasteiger partial charge in [0.2, 0.25) is 5.69 Å². The highest BCUT2D eigenvalue weighted by atomic mass is 16.5. The van der Waals surface area contributed by atoms with Crippen molar-refractivity contribution >= 4 is 11.7 Å². The molecule has 0 saturated heterocycles. The molecule has 0 spiro atoms. The van der Waals surface area contributed by atoms with E-state index in [1.165, 1.54) is 5.56 Å². The number of aryl methyl sites for hydroxylation is 1. The van der Waals surface area contributed by atoms with Gasteiger partial charge in [-0.25, -0.2) is 4.79 Å². The molecule has 4 heteroatoms. The van der Waals surface area contributed by atoms with Crippen molar-refractivity contribution < 1.29 is 14.2 Å². The largest absolute Gasteiger partial charge is 0.458 e. The van der Waals surface area contributed by atoms with E-state index >= 15 is 0 Å². The van der Waals surface area contributed by atoms with Gasteiger partial charge in [-0.3, -0.25) is 0 Å². The predicted octanol–water partition coefficient (Wildman–Crippen LogP) is 6.07. The highest BCUT2D eigenvalue weighted by Gasteiger charge is 2.28. The molecule has 0 fully saturated rings. The molecule has 1 aromatic heterocycles. The van der Waals surface area contributed by atoms with Crippen LogP contribution in [0.2, 0.25) is 0 Å². The molecule has 3 aromatic carbocycles. The van der Waals surface area contributed by atoms with E-state index in [9.17, 15) is 4.79 Å². The maximum absolute atomic E-state index is 13.1. The van der Waals surface area contributed by atoms with Crippen LogP contribution in [0.15, 0.2) is 102 Å².